The number of anilines is 2. The lowest BCUT2D eigenvalue weighted by Crippen LogP contribution is -2.30. The van der Waals surface area contributed by atoms with E-state index in [1.165, 1.54) is 13.0 Å². The molecule has 0 aliphatic heterocycles. The quantitative estimate of drug-likeness (QED) is 0.256. The summed E-state index contributed by atoms with van der Waals surface area (Å²) >= 11 is 0. The maximum Gasteiger partial charge on any atom is 0.423 e. The monoisotopic (exact) mass is 589 g/mol. The Morgan fingerprint density at radius 3 is 2.46 bits per heavy atom. The molecule has 4 N–H and O–H groups in total. The van der Waals surface area contributed by atoms with E-state index >= 15 is 4.39 Å². The molecule has 0 aliphatic carbocycles. The number of nitrogens with one attached hydrogen (secondary N) is 2. The van der Waals surface area contributed by atoms with Gasteiger partial charge in [-0.25, -0.2) is 37.0 Å². The summed E-state index contributed by atoms with van der Waals surface area (Å²) in [6, 6.07) is 1.20. The van der Waals surface area contributed by atoms with Crippen molar-refractivity contribution in [1.82, 2.24) is 24.7 Å². The molecule has 0 amide bonds. The molecule has 0 saturated carbocycles. The largest absolute Gasteiger partial charge is 0.423 e. The molecule has 0 unspecified atom stereocenters. The lowest BCUT2D eigenvalue weighted by Gasteiger charge is -2.20. The number of fused-ring (bicyclic) bond motifs is 1. The number of rotatable bonds is 8. The summed E-state index contributed by atoms with van der Waals surface area (Å²) in [7, 11) is 0. The van der Waals surface area contributed by atoms with Crippen molar-refractivity contribution in [2.24, 2.45) is 0 Å². The van der Waals surface area contributed by atoms with Gasteiger partial charge in [-0.15, -0.1) is 0 Å². The number of benzene rings is 1. The summed E-state index contributed by atoms with van der Waals surface area (Å²) in [4.78, 5) is 31.7. The van der Waals surface area contributed by atoms with Gasteiger partial charge < -0.3 is 15.6 Å². The molecule has 0 bridgehead atoms. The van der Waals surface area contributed by atoms with Crippen molar-refractivity contribution in [1.29, 1.82) is 0 Å². The Hall–Kier alpha value is -4.57. The standard InChI is InChI=1S/C24H19F8N7O2/c1-9(36-14-7-35-38-22(40)16(14)24(30,31)32)4-11(25)8-39-3-2-10-5-12(17(26)18(27)15(10)23(39)41)21-34-6-13(19(28)29)20(33)37-21/h2-3,5-7,9,11,19H,4,8H2,1H3,(H2,33,34,37)(H2,36,38,40)/t9-,11+/m1/s1. The molecule has 4 rings (SSSR count). The van der Waals surface area contributed by atoms with Crippen LogP contribution in [0, 0.1) is 11.6 Å². The van der Waals surface area contributed by atoms with E-state index in [1.807, 2.05) is 0 Å². The summed E-state index contributed by atoms with van der Waals surface area (Å²) in [6.07, 6.45) is -7.84. The molecular formula is C24H19F8N7O2. The van der Waals surface area contributed by atoms with E-state index in [0.717, 1.165) is 23.0 Å². The number of hydrogen-bond acceptors (Lipinski definition) is 7. The Labute approximate surface area is 224 Å². The summed E-state index contributed by atoms with van der Waals surface area (Å²) in [5, 5.41) is 6.47. The van der Waals surface area contributed by atoms with Crippen molar-refractivity contribution >= 4 is 22.3 Å². The van der Waals surface area contributed by atoms with Gasteiger partial charge in [0.05, 0.1) is 34.9 Å². The number of alkyl halides is 6. The minimum Gasteiger partial charge on any atom is -0.383 e. The SMILES string of the molecule is C[C@H](C[C@H](F)Cn1ccc2cc(-c3ncc(C(F)F)c(N)n3)c(F)c(F)c2c1=O)Nc1cn[nH]c(=O)c1C(F)(F)F. The number of nitrogen functional groups attached to an aromatic ring is 1. The smallest absolute Gasteiger partial charge is 0.383 e. The fourth-order valence-corrected chi connectivity index (χ4v) is 4.17. The summed E-state index contributed by atoms with van der Waals surface area (Å²) in [5.74, 6) is -4.35. The van der Waals surface area contributed by atoms with Gasteiger partial charge in [-0.3, -0.25) is 9.59 Å². The second-order valence-corrected chi connectivity index (χ2v) is 8.99. The van der Waals surface area contributed by atoms with E-state index < -0.39 is 99.9 Å². The summed E-state index contributed by atoms with van der Waals surface area (Å²) < 4.78 is 111. The number of nitrogens with two attached hydrogens (primary N) is 1. The first-order valence-electron chi connectivity index (χ1n) is 11.7. The van der Waals surface area contributed by atoms with E-state index in [4.69, 9.17) is 5.73 Å². The van der Waals surface area contributed by atoms with Crippen LogP contribution in [0.3, 0.4) is 0 Å². The van der Waals surface area contributed by atoms with Crippen molar-refractivity contribution in [2.45, 2.75) is 44.7 Å². The molecule has 0 spiro atoms. The first-order chi connectivity index (χ1) is 19.2. The first-order valence-corrected chi connectivity index (χ1v) is 11.7. The lowest BCUT2D eigenvalue weighted by atomic mass is 10.1. The van der Waals surface area contributed by atoms with Gasteiger partial charge in [0.2, 0.25) is 0 Å². The molecule has 3 aromatic heterocycles. The molecule has 17 heteroatoms. The van der Waals surface area contributed by atoms with Crippen molar-refractivity contribution in [2.75, 3.05) is 11.1 Å². The van der Waals surface area contributed by atoms with Crippen molar-refractivity contribution < 1.29 is 35.1 Å². The van der Waals surface area contributed by atoms with Crippen LogP contribution in [0.5, 0.6) is 0 Å². The molecule has 0 aliphatic rings. The van der Waals surface area contributed by atoms with Crippen LogP contribution in [-0.4, -0.2) is 36.9 Å². The maximum absolute atomic E-state index is 15.0. The van der Waals surface area contributed by atoms with Crippen molar-refractivity contribution in [3.8, 4) is 11.4 Å². The second-order valence-electron chi connectivity index (χ2n) is 8.99. The maximum atomic E-state index is 15.0. The summed E-state index contributed by atoms with van der Waals surface area (Å²) in [6.45, 7) is 0.661. The van der Waals surface area contributed by atoms with Crippen LogP contribution in [0.15, 0.2) is 40.3 Å². The van der Waals surface area contributed by atoms with Gasteiger partial charge in [-0.05, 0) is 24.4 Å². The molecular weight excluding hydrogens is 570 g/mol. The average molecular weight is 589 g/mol. The lowest BCUT2D eigenvalue weighted by molar-refractivity contribution is -0.138. The van der Waals surface area contributed by atoms with Crippen LogP contribution in [0.4, 0.5) is 46.6 Å². The Bertz CT molecular complexity index is 1720. The third-order valence-electron chi connectivity index (χ3n) is 6.02. The van der Waals surface area contributed by atoms with Crippen LogP contribution in [-0.2, 0) is 12.7 Å². The van der Waals surface area contributed by atoms with Crippen LogP contribution in [0.1, 0.15) is 30.9 Å². The fourth-order valence-electron chi connectivity index (χ4n) is 4.17. The molecule has 2 atom stereocenters. The van der Waals surface area contributed by atoms with E-state index in [9.17, 15) is 40.3 Å². The molecule has 218 valence electrons. The van der Waals surface area contributed by atoms with Crippen LogP contribution in [0.25, 0.3) is 22.2 Å². The minimum atomic E-state index is -5.01. The van der Waals surface area contributed by atoms with Gasteiger partial charge in [0.25, 0.3) is 17.5 Å². The van der Waals surface area contributed by atoms with Crippen LogP contribution < -0.4 is 22.2 Å². The molecule has 4 aromatic rings. The molecule has 1 aromatic carbocycles. The number of aromatic nitrogens is 5. The topological polar surface area (TPSA) is 132 Å². The van der Waals surface area contributed by atoms with Crippen molar-refractivity contribution in [3.63, 3.8) is 0 Å². The summed E-state index contributed by atoms with van der Waals surface area (Å²) in [5.41, 5.74) is -0.642. The van der Waals surface area contributed by atoms with E-state index in [1.54, 1.807) is 5.10 Å². The Balaban J connectivity index is 1.57. The number of hydrogen-bond donors (Lipinski definition) is 3. The number of halogens is 8. The van der Waals surface area contributed by atoms with E-state index in [-0.39, 0.29) is 5.39 Å². The van der Waals surface area contributed by atoms with Crippen molar-refractivity contribution in [3.05, 3.63) is 74.2 Å². The predicted octanol–water partition coefficient (Wildman–Crippen LogP) is 4.59. The molecule has 3 heterocycles. The highest BCUT2D eigenvalue weighted by atomic mass is 19.4. The molecule has 41 heavy (non-hydrogen) atoms. The van der Waals surface area contributed by atoms with Gasteiger partial charge in [0.15, 0.2) is 17.5 Å². The number of pyridine rings is 1. The highest BCUT2D eigenvalue weighted by Crippen LogP contribution is 2.32. The molecule has 0 radical (unpaired) electrons. The average Bonchev–Trinajstić information content (AvgIpc) is 2.86. The van der Waals surface area contributed by atoms with Gasteiger partial charge >= 0.3 is 6.18 Å². The Morgan fingerprint density at radius 1 is 1.12 bits per heavy atom. The first kappa shape index (κ1) is 29.4. The van der Waals surface area contributed by atoms with E-state index in [2.05, 4.69) is 20.4 Å². The normalized spacial score (nSPS) is 13.5. The Morgan fingerprint density at radius 2 is 1.83 bits per heavy atom. The zero-order chi connectivity index (χ0) is 30.2. The third kappa shape index (κ3) is 5.97. The number of H-pyrrole nitrogens is 1. The zero-order valence-electron chi connectivity index (χ0n) is 20.7. The minimum absolute atomic E-state index is 0.132. The highest BCUT2D eigenvalue weighted by Gasteiger charge is 2.37. The van der Waals surface area contributed by atoms with Gasteiger partial charge in [0, 0.05) is 24.9 Å². The number of aromatic amines is 1. The molecule has 0 fully saturated rings. The number of nitrogens with zero attached hydrogens (tertiary/aromatic N) is 4. The predicted molar refractivity (Wildman–Crippen MR) is 131 cm³/mol. The third-order valence-corrected chi connectivity index (χ3v) is 6.02. The highest BCUT2D eigenvalue weighted by molar-refractivity contribution is 5.86. The molecule has 9 nitrogen and oxygen atoms in total. The van der Waals surface area contributed by atoms with Gasteiger partial charge in [0.1, 0.15) is 17.6 Å². The van der Waals surface area contributed by atoms with Crippen LogP contribution >= 0.6 is 0 Å². The molecule has 0 saturated heterocycles. The second kappa shape index (κ2) is 11.1. The fraction of sp³-hybridized carbons (Fsp3) is 0.292. The van der Waals surface area contributed by atoms with Gasteiger partial charge in [-0.1, -0.05) is 0 Å². The van der Waals surface area contributed by atoms with E-state index in [0.29, 0.717) is 6.20 Å². The van der Waals surface area contributed by atoms with Crippen LogP contribution in [0.2, 0.25) is 0 Å². The Kier molecular flexibility index (Phi) is 7.98. The zero-order valence-corrected chi connectivity index (χ0v) is 20.7. The van der Waals surface area contributed by atoms with Gasteiger partial charge in [-0.2, -0.15) is 18.3 Å².